The number of nitrogens with zero attached hydrogens (tertiary/aromatic N) is 1. The predicted molar refractivity (Wildman–Crippen MR) is 97.9 cm³/mol. The van der Waals surface area contributed by atoms with Crippen LogP contribution in [-0.2, 0) is 19.5 Å². The van der Waals surface area contributed by atoms with Gasteiger partial charge in [-0.3, -0.25) is 0 Å². The molecule has 2 aromatic carbocycles. The predicted octanol–water partition coefficient (Wildman–Crippen LogP) is 4.12. The lowest BCUT2D eigenvalue weighted by Gasteiger charge is -2.11. The molecule has 0 aliphatic rings. The molecule has 0 spiro atoms. The Morgan fingerprint density at radius 3 is 2.16 bits per heavy atom. The summed E-state index contributed by atoms with van der Waals surface area (Å²) in [6, 6.07) is 12.5. The van der Waals surface area contributed by atoms with Gasteiger partial charge in [-0.15, -0.1) is 0 Å². The SMILES string of the molecule is C[C@H](CC(=O)O/N=C\c1ccc(Cl)cc1)S(=O)(=O)c1ccc(Cl)cc1. The third-order valence-electron chi connectivity index (χ3n) is 3.35. The van der Waals surface area contributed by atoms with E-state index in [-0.39, 0.29) is 11.3 Å². The Bertz CT molecular complexity index is 863. The van der Waals surface area contributed by atoms with E-state index in [1.165, 1.54) is 37.4 Å². The van der Waals surface area contributed by atoms with E-state index >= 15 is 0 Å². The van der Waals surface area contributed by atoms with Gasteiger partial charge in [-0.2, -0.15) is 0 Å². The molecular weight excluding hydrogens is 385 g/mol. The summed E-state index contributed by atoms with van der Waals surface area (Å²) < 4.78 is 24.8. The molecule has 0 saturated carbocycles. The maximum Gasteiger partial charge on any atom is 0.336 e. The van der Waals surface area contributed by atoms with Gasteiger partial charge in [0.05, 0.1) is 22.8 Å². The van der Waals surface area contributed by atoms with Gasteiger partial charge in [-0.05, 0) is 48.9 Å². The van der Waals surface area contributed by atoms with Gasteiger partial charge in [0.1, 0.15) is 0 Å². The van der Waals surface area contributed by atoms with E-state index in [4.69, 9.17) is 28.0 Å². The molecule has 132 valence electrons. The van der Waals surface area contributed by atoms with E-state index in [0.717, 1.165) is 0 Å². The maximum atomic E-state index is 12.4. The minimum absolute atomic E-state index is 0.0989. The summed E-state index contributed by atoms with van der Waals surface area (Å²) >= 11 is 11.5. The van der Waals surface area contributed by atoms with Gasteiger partial charge < -0.3 is 4.84 Å². The molecule has 2 aromatic rings. The number of carbonyl (C=O) groups excluding carboxylic acids is 1. The molecule has 0 N–H and O–H groups in total. The lowest BCUT2D eigenvalue weighted by atomic mass is 10.2. The van der Waals surface area contributed by atoms with E-state index in [0.29, 0.717) is 15.6 Å². The Morgan fingerprint density at radius 1 is 1.08 bits per heavy atom. The van der Waals surface area contributed by atoms with Gasteiger partial charge >= 0.3 is 5.97 Å². The number of halogens is 2. The number of carbonyl (C=O) groups is 1. The quantitative estimate of drug-likeness (QED) is 0.415. The van der Waals surface area contributed by atoms with Crippen LogP contribution in [0.2, 0.25) is 10.0 Å². The number of hydrogen-bond acceptors (Lipinski definition) is 5. The average molecular weight is 400 g/mol. The summed E-state index contributed by atoms with van der Waals surface area (Å²) in [4.78, 5) is 16.6. The Hall–Kier alpha value is -1.89. The number of sulfone groups is 1. The van der Waals surface area contributed by atoms with Gasteiger partial charge in [0.2, 0.25) is 0 Å². The molecule has 0 bridgehead atoms. The average Bonchev–Trinajstić information content (AvgIpc) is 2.57. The second kappa shape index (κ2) is 8.47. The first-order chi connectivity index (χ1) is 11.8. The number of rotatable bonds is 6. The van der Waals surface area contributed by atoms with Crippen molar-refractivity contribution in [1.82, 2.24) is 0 Å². The van der Waals surface area contributed by atoms with E-state index in [2.05, 4.69) is 5.16 Å². The standard InChI is InChI=1S/C17H15Cl2NO4S/c1-12(25(22,23)16-8-6-15(19)7-9-16)10-17(21)24-20-11-13-2-4-14(18)5-3-13/h2-9,11-12H,10H2,1H3/b20-11-/t12-/m1/s1. The van der Waals surface area contributed by atoms with Crippen molar-refractivity contribution in [3.05, 3.63) is 64.1 Å². The molecule has 2 rings (SSSR count). The van der Waals surface area contributed by atoms with Crippen molar-refractivity contribution in [2.24, 2.45) is 5.16 Å². The van der Waals surface area contributed by atoms with Crippen molar-refractivity contribution in [1.29, 1.82) is 0 Å². The molecule has 0 aromatic heterocycles. The highest BCUT2D eigenvalue weighted by Gasteiger charge is 2.26. The van der Waals surface area contributed by atoms with Crippen LogP contribution in [0.1, 0.15) is 18.9 Å². The van der Waals surface area contributed by atoms with Crippen molar-refractivity contribution < 1.29 is 18.0 Å². The van der Waals surface area contributed by atoms with Crippen molar-refractivity contribution in [2.75, 3.05) is 0 Å². The normalized spacial score (nSPS) is 12.9. The molecule has 5 nitrogen and oxygen atoms in total. The zero-order valence-electron chi connectivity index (χ0n) is 13.2. The fraction of sp³-hybridized carbons (Fsp3) is 0.176. The molecule has 0 saturated heterocycles. The lowest BCUT2D eigenvalue weighted by Crippen LogP contribution is -2.22. The molecule has 0 unspecified atom stereocenters. The van der Waals surface area contributed by atoms with Gasteiger partial charge in [0, 0.05) is 10.0 Å². The minimum atomic E-state index is -3.66. The highest BCUT2D eigenvalue weighted by atomic mass is 35.5. The third kappa shape index (κ3) is 5.56. The minimum Gasteiger partial charge on any atom is -0.318 e. The summed E-state index contributed by atoms with van der Waals surface area (Å²) in [6.07, 6.45) is 1.02. The Morgan fingerprint density at radius 2 is 1.60 bits per heavy atom. The molecule has 1 atom stereocenters. The van der Waals surface area contributed by atoms with Crippen LogP contribution in [0.5, 0.6) is 0 Å². The fourth-order valence-corrected chi connectivity index (χ4v) is 3.52. The van der Waals surface area contributed by atoms with E-state index in [9.17, 15) is 13.2 Å². The molecule has 0 radical (unpaired) electrons. The molecule has 0 aliphatic carbocycles. The summed E-state index contributed by atoms with van der Waals surface area (Å²) in [7, 11) is -3.66. The van der Waals surface area contributed by atoms with Crippen LogP contribution in [0.15, 0.2) is 58.6 Å². The smallest absolute Gasteiger partial charge is 0.318 e. The van der Waals surface area contributed by atoms with Crippen LogP contribution in [0, 0.1) is 0 Å². The largest absolute Gasteiger partial charge is 0.336 e. The molecule has 25 heavy (non-hydrogen) atoms. The van der Waals surface area contributed by atoms with Crippen LogP contribution < -0.4 is 0 Å². The Kier molecular flexibility index (Phi) is 6.58. The molecule has 0 heterocycles. The van der Waals surface area contributed by atoms with E-state index in [1.807, 2.05) is 0 Å². The van der Waals surface area contributed by atoms with Crippen LogP contribution in [-0.4, -0.2) is 25.9 Å². The van der Waals surface area contributed by atoms with Crippen LogP contribution in [0.3, 0.4) is 0 Å². The zero-order chi connectivity index (χ0) is 18.4. The summed E-state index contributed by atoms with van der Waals surface area (Å²) in [5.74, 6) is -0.741. The lowest BCUT2D eigenvalue weighted by molar-refractivity contribution is -0.143. The van der Waals surface area contributed by atoms with E-state index < -0.39 is 21.1 Å². The van der Waals surface area contributed by atoms with Crippen molar-refractivity contribution in [3.8, 4) is 0 Å². The van der Waals surface area contributed by atoms with Gasteiger partial charge in [0.15, 0.2) is 9.84 Å². The van der Waals surface area contributed by atoms with Crippen molar-refractivity contribution >= 4 is 45.2 Å². The van der Waals surface area contributed by atoms with Crippen LogP contribution >= 0.6 is 23.2 Å². The van der Waals surface area contributed by atoms with Gasteiger partial charge in [-0.25, -0.2) is 13.2 Å². The monoisotopic (exact) mass is 399 g/mol. The highest BCUT2D eigenvalue weighted by molar-refractivity contribution is 7.92. The van der Waals surface area contributed by atoms with Crippen LogP contribution in [0.25, 0.3) is 0 Å². The first-order valence-corrected chi connectivity index (χ1v) is 9.57. The third-order valence-corrected chi connectivity index (χ3v) is 6.01. The summed E-state index contributed by atoms with van der Waals surface area (Å²) in [6.45, 7) is 1.44. The zero-order valence-corrected chi connectivity index (χ0v) is 15.6. The Balaban J connectivity index is 1.95. The van der Waals surface area contributed by atoms with E-state index in [1.54, 1.807) is 24.3 Å². The van der Waals surface area contributed by atoms with Gasteiger partial charge in [-0.1, -0.05) is 40.5 Å². The Labute approximate surface area is 156 Å². The molecule has 0 amide bonds. The highest BCUT2D eigenvalue weighted by Crippen LogP contribution is 2.20. The topological polar surface area (TPSA) is 72.8 Å². The summed E-state index contributed by atoms with van der Waals surface area (Å²) in [5, 5.41) is 3.62. The number of hydrogen-bond donors (Lipinski definition) is 0. The second-order valence-electron chi connectivity index (χ2n) is 5.26. The first-order valence-electron chi connectivity index (χ1n) is 7.27. The molecule has 0 aliphatic heterocycles. The summed E-state index contributed by atoms with van der Waals surface area (Å²) in [5.41, 5.74) is 0.694. The molecular formula is C17H15Cl2NO4S. The molecule has 8 heteroatoms. The molecule has 0 fully saturated rings. The number of oxime groups is 1. The number of benzene rings is 2. The second-order valence-corrected chi connectivity index (χ2v) is 8.50. The van der Waals surface area contributed by atoms with Crippen molar-refractivity contribution in [2.45, 2.75) is 23.5 Å². The van der Waals surface area contributed by atoms with Crippen molar-refractivity contribution in [3.63, 3.8) is 0 Å². The fourth-order valence-electron chi connectivity index (χ4n) is 1.93. The van der Waals surface area contributed by atoms with Gasteiger partial charge in [0.25, 0.3) is 0 Å². The van der Waals surface area contributed by atoms with Crippen LogP contribution in [0.4, 0.5) is 0 Å². The maximum absolute atomic E-state index is 12.4. The first kappa shape index (κ1) is 19.4.